The average molecular weight is 269 g/mol. The van der Waals surface area contributed by atoms with Crippen molar-refractivity contribution in [1.82, 2.24) is 19.1 Å². The molecule has 2 aromatic rings. The molecule has 0 saturated carbocycles. The van der Waals surface area contributed by atoms with Crippen molar-refractivity contribution in [1.29, 1.82) is 0 Å². The van der Waals surface area contributed by atoms with E-state index < -0.39 is 11.2 Å². The van der Waals surface area contributed by atoms with Crippen LogP contribution in [0, 0.1) is 0 Å². The molecule has 6 nitrogen and oxygen atoms in total. The van der Waals surface area contributed by atoms with E-state index in [4.69, 9.17) is 11.6 Å². The molecule has 0 radical (unpaired) electrons. The summed E-state index contributed by atoms with van der Waals surface area (Å²) in [5, 5.41) is 0.172. The molecule has 0 fully saturated rings. The molecule has 0 saturated heterocycles. The first-order valence-corrected chi connectivity index (χ1v) is 5.97. The second-order valence-electron chi connectivity index (χ2n) is 3.86. The van der Waals surface area contributed by atoms with E-state index in [1.54, 1.807) is 6.08 Å². The number of fused-ring (bicyclic) bond motifs is 1. The Morgan fingerprint density at radius 2 is 2.17 bits per heavy atom. The van der Waals surface area contributed by atoms with Crippen LogP contribution in [0.15, 0.2) is 22.2 Å². The summed E-state index contributed by atoms with van der Waals surface area (Å²) < 4.78 is 2.94. The molecule has 2 aromatic heterocycles. The Balaban J connectivity index is 2.89. The fourth-order valence-corrected chi connectivity index (χ4v) is 2.11. The molecule has 1 N–H and O–H groups in total. The monoisotopic (exact) mass is 268 g/mol. The maximum absolute atomic E-state index is 11.8. The largest absolute Gasteiger partial charge is 0.330 e. The van der Waals surface area contributed by atoms with E-state index in [1.165, 1.54) is 9.13 Å². The van der Waals surface area contributed by atoms with Gasteiger partial charge < -0.3 is 4.57 Å². The van der Waals surface area contributed by atoms with Crippen molar-refractivity contribution in [2.45, 2.75) is 26.4 Å². The van der Waals surface area contributed by atoms with Crippen molar-refractivity contribution >= 4 is 22.8 Å². The Hall–Kier alpha value is -1.82. The van der Waals surface area contributed by atoms with Crippen molar-refractivity contribution in [3.8, 4) is 0 Å². The van der Waals surface area contributed by atoms with Gasteiger partial charge in [0.15, 0.2) is 11.2 Å². The molecule has 0 bridgehead atoms. The number of halogens is 1. The van der Waals surface area contributed by atoms with Crippen molar-refractivity contribution in [3.63, 3.8) is 0 Å². The summed E-state index contributed by atoms with van der Waals surface area (Å²) in [7, 11) is 0. The minimum atomic E-state index is -0.483. The smallest absolute Gasteiger partial charge is 0.305 e. The van der Waals surface area contributed by atoms with Gasteiger partial charge in [0, 0.05) is 13.1 Å². The van der Waals surface area contributed by atoms with Crippen LogP contribution < -0.4 is 11.2 Å². The van der Waals surface area contributed by atoms with Crippen LogP contribution in [0.4, 0.5) is 0 Å². The third-order valence-corrected chi connectivity index (χ3v) is 2.89. The van der Waals surface area contributed by atoms with Crippen LogP contribution in [-0.2, 0) is 13.1 Å². The molecule has 0 unspecified atom stereocenters. The van der Waals surface area contributed by atoms with E-state index in [0.717, 1.165) is 6.42 Å². The molecule has 0 aliphatic rings. The Labute approximate surface area is 108 Å². The van der Waals surface area contributed by atoms with Gasteiger partial charge in [0.1, 0.15) is 0 Å². The second-order valence-corrected chi connectivity index (χ2v) is 4.20. The van der Waals surface area contributed by atoms with Gasteiger partial charge in [-0.1, -0.05) is 13.0 Å². The summed E-state index contributed by atoms with van der Waals surface area (Å²) >= 11 is 5.98. The van der Waals surface area contributed by atoms with Crippen LogP contribution in [0.2, 0.25) is 5.28 Å². The zero-order valence-corrected chi connectivity index (χ0v) is 10.7. The first-order chi connectivity index (χ1) is 8.60. The first kappa shape index (κ1) is 12.6. The Kier molecular flexibility index (Phi) is 3.38. The number of aromatic amines is 1. The highest BCUT2D eigenvalue weighted by atomic mass is 35.5. The predicted molar refractivity (Wildman–Crippen MR) is 70.1 cm³/mol. The SMILES string of the molecule is C=CCn1c(Cl)nc2c1c(=O)[nH]c(=O)n2CCC. The lowest BCUT2D eigenvalue weighted by Gasteiger charge is -2.04. The van der Waals surface area contributed by atoms with Crippen molar-refractivity contribution in [2.24, 2.45) is 0 Å². The number of imidazole rings is 1. The molecule has 96 valence electrons. The number of aryl methyl sites for hydroxylation is 1. The summed E-state index contributed by atoms with van der Waals surface area (Å²) in [5.41, 5.74) is -0.330. The molecule has 0 spiro atoms. The van der Waals surface area contributed by atoms with Crippen LogP contribution in [0.25, 0.3) is 11.2 Å². The molecule has 18 heavy (non-hydrogen) atoms. The van der Waals surface area contributed by atoms with Gasteiger partial charge in [-0.2, -0.15) is 4.98 Å². The fourth-order valence-electron chi connectivity index (χ4n) is 1.87. The molecular formula is C11H13ClN4O2. The molecule has 0 atom stereocenters. The second kappa shape index (κ2) is 4.81. The molecule has 0 amide bonds. The number of aromatic nitrogens is 4. The molecule has 2 rings (SSSR count). The zero-order valence-electron chi connectivity index (χ0n) is 9.94. The molecule has 0 aromatic carbocycles. The van der Waals surface area contributed by atoms with Crippen LogP contribution in [-0.4, -0.2) is 19.1 Å². The van der Waals surface area contributed by atoms with Gasteiger partial charge in [-0.05, 0) is 18.0 Å². The normalized spacial score (nSPS) is 11.0. The van der Waals surface area contributed by atoms with Gasteiger partial charge in [-0.25, -0.2) is 4.79 Å². The standard InChI is InChI=1S/C11H13ClN4O2/c1-3-5-15-7-8(13-10(15)12)16(6-4-2)11(18)14-9(7)17/h3H,1,4-6H2,2H3,(H,14,17,18). The van der Waals surface area contributed by atoms with E-state index in [-0.39, 0.29) is 5.28 Å². The van der Waals surface area contributed by atoms with Gasteiger partial charge in [-0.15, -0.1) is 6.58 Å². The quantitative estimate of drug-likeness (QED) is 0.667. The van der Waals surface area contributed by atoms with Crippen molar-refractivity contribution < 1.29 is 0 Å². The number of H-pyrrole nitrogens is 1. The van der Waals surface area contributed by atoms with Gasteiger partial charge in [0.05, 0.1) is 0 Å². The highest BCUT2D eigenvalue weighted by Gasteiger charge is 2.16. The number of hydrogen-bond acceptors (Lipinski definition) is 3. The lowest BCUT2D eigenvalue weighted by molar-refractivity contribution is 0.652. The molecular weight excluding hydrogens is 256 g/mol. The third kappa shape index (κ3) is 1.88. The van der Waals surface area contributed by atoms with E-state index >= 15 is 0 Å². The number of rotatable bonds is 4. The lowest BCUT2D eigenvalue weighted by atomic mass is 10.4. The Morgan fingerprint density at radius 1 is 1.44 bits per heavy atom. The van der Waals surface area contributed by atoms with Crippen molar-refractivity contribution in [2.75, 3.05) is 0 Å². The van der Waals surface area contributed by atoms with Gasteiger partial charge in [0.2, 0.25) is 5.28 Å². The summed E-state index contributed by atoms with van der Waals surface area (Å²) in [4.78, 5) is 29.9. The van der Waals surface area contributed by atoms with Crippen LogP contribution in [0.1, 0.15) is 13.3 Å². The number of hydrogen-bond donors (Lipinski definition) is 1. The molecule has 2 heterocycles. The number of nitrogens with one attached hydrogen (secondary N) is 1. The van der Waals surface area contributed by atoms with Crippen molar-refractivity contribution in [3.05, 3.63) is 38.8 Å². The van der Waals surface area contributed by atoms with Gasteiger partial charge >= 0.3 is 5.69 Å². The molecule has 7 heteroatoms. The maximum Gasteiger partial charge on any atom is 0.330 e. The van der Waals surface area contributed by atoms with Crippen LogP contribution in [0.5, 0.6) is 0 Å². The summed E-state index contributed by atoms with van der Waals surface area (Å²) in [6, 6.07) is 0. The molecule has 0 aliphatic heterocycles. The van der Waals surface area contributed by atoms with Crippen LogP contribution >= 0.6 is 11.6 Å². The first-order valence-electron chi connectivity index (χ1n) is 5.59. The molecule has 0 aliphatic carbocycles. The van der Waals surface area contributed by atoms with E-state index in [0.29, 0.717) is 24.3 Å². The number of nitrogens with zero attached hydrogens (tertiary/aromatic N) is 3. The van der Waals surface area contributed by atoms with Crippen LogP contribution in [0.3, 0.4) is 0 Å². The number of allylic oxidation sites excluding steroid dienone is 1. The average Bonchev–Trinajstić information content (AvgIpc) is 2.63. The Bertz CT molecular complexity index is 710. The minimum Gasteiger partial charge on any atom is -0.305 e. The summed E-state index contributed by atoms with van der Waals surface area (Å²) in [6.07, 6.45) is 2.37. The van der Waals surface area contributed by atoms with Gasteiger partial charge in [-0.3, -0.25) is 14.3 Å². The van der Waals surface area contributed by atoms with E-state index in [9.17, 15) is 9.59 Å². The highest BCUT2D eigenvalue weighted by Crippen LogP contribution is 2.15. The zero-order chi connectivity index (χ0) is 13.3. The highest BCUT2D eigenvalue weighted by molar-refractivity contribution is 6.29. The van der Waals surface area contributed by atoms with E-state index in [2.05, 4.69) is 16.5 Å². The van der Waals surface area contributed by atoms with Gasteiger partial charge in [0.25, 0.3) is 5.56 Å². The minimum absolute atomic E-state index is 0.172. The third-order valence-electron chi connectivity index (χ3n) is 2.60. The lowest BCUT2D eigenvalue weighted by Crippen LogP contribution is -2.31. The predicted octanol–water partition coefficient (Wildman–Crippen LogP) is 1.14. The summed E-state index contributed by atoms with van der Waals surface area (Å²) in [5.74, 6) is 0. The topological polar surface area (TPSA) is 72.7 Å². The fraction of sp³-hybridized carbons (Fsp3) is 0.364. The maximum atomic E-state index is 11.8. The van der Waals surface area contributed by atoms with E-state index in [1.807, 2.05) is 6.92 Å². The summed E-state index contributed by atoms with van der Waals surface area (Å²) in [6.45, 7) is 6.38. The Morgan fingerprint density at radius 3 is 2.78 bits per heavy atom.